The van der Waals surface area contributed by atoms with E-state index in [1.165, 1.54) is 17.5 Å². The van der Waals surface area contributed by atoms with Gasteiger partial charge in [-0.3, -0.25) is 9.69 Å². The van der Waals surface area contributed by atoms with Crippen LogP contribution in [0.3, 0.4) is 0 Å². The van der Waals surface area contributed by atoms with Crippen molar-refractivity contribution in [2.24, 2.45) is 0 Å². The number of aliphatic carboxylic acids is 1. The molecule has 1 aliphatic carbocycles. The van der Waals surface area contributed by atoms with Gasteiger partial charge in [0.15, 0.2) is 0 Å². The van der Waals surface area contributed by atoms with E-state index in [9.17, 15) is 4.79 Å². The van der Waals surface area contributed by atoms with E-state index in [0.717, 1.165) is 19.5 Å². The van der Waals surface area contributed by atoms with E-state index >= 15 is 0 Å². The minimum absolute atomic E-state index is 0.184. The summed E-state index contributed by atoms with van der Waals surface area (Å²) >= 11 is 0. The first-order valence-corrected chi connectivity index (χ1v) is 5.72. The first kappa shape index (κ1) is 9.85. The summed E-state index contributed by atoms with van der Waals surface area (Å²) in [6, 6.07) is 8.58. The van der Waals surface area contributed by atoms with Crippen molar-refractivity contribution in [2.75, 3.05) is 19.6 Å². The second-order valence-electron chi connectivity index (χ2n) is 4.98. The van der Waals surface area contributed by atoms with Crippen LogP contribution in [0.2, 0.25) is 0 Å². The van der Waals surface area contributed by atoms with Crippen LogP contribution >= 0.6 is 0 Å². The van der Waals surface area contributed by atoms with Gasteiger partial charge in [0.25, 0.3) is 0 Å². The number of benzene rings is 1. The van der Waals surface area contributed by atoms with Gasteiger partial charge in [-0.25, -0.2) is 0 Å². The number of nitrogens with zero attached hydrogens (tertiary/aromatic N) is 1. The lowest BCUT2D eigenvalue weighted by atomic mass is 9.75. The Bertz CT molecular complexity index is 435. The van der Waals surface area contributed by atoms with Crippen molar-refractivity contribution < 1.29 is 9.90 Å². The molecule has 3 rings (SSSR count). The molecule has 1 aliphatic heterocycles. The molecule has 0 saturated carbocycles. The summed E-state index contributed by atoms with van der Waals surface area (Å²) in [7, 11) is 0. The first-order valence-electron chi connectivity index (χ1n) is 5.72. The average molecular weight is 217 g/mol. The van der Waals surface area contributed by atoms with Gasteiger partial charge in [-0.15, -0.1) is 0 Å². The molecule has 1 spiro atoms. The maximum atomic E-state index is 10.6. The van der Waals surface area contributed by atoms with Crippen LogP contribution in [0, 0.1) is 0 Å². The number of hydrogen-bond donors (Lipinski definition) is 1. The van der Waals surface area contributed by atoms with E-state index in [-0.39, 0.29) is 12.0 Å². The summed E-state index contributed by atoms with van der Waals surface area (Å²) in [4.78, 5) is 12.6. The van der Waals surface area contributed by atoms with Crippen LogP contribution in [0.15, 0.2) is 24.3 Å². The monoisotopic (exact) mass is 217 g/mol. The standard InChI is InChI=1S/C13H15NO2/c15-12(16)7-14-8-13(9-14)6-5-10-3-1-2-4-11(10)13/h1-4H,5-9H2,(H,15,16). The highest BCUT2D eigenvalue weighted by Crippen LogP contribution is 2.45. The number of carbonyl (C=O) groups is 1. The molecule has 0 bridgehead atoms. The average Bonchev–Trinajstić information content (AvgIpc) is 2.57. The molecule has 0 amide bonds. The lowest BCUT2D eigenvalue weighted by Crippen LogP contribution is -2.59. The fourth-order valence-electron chi connectivity index (χ4n) is 3.21. The number of carboxylic acids is 1. The van der Waals surface area contributed by atoms with Crippen LogP contribution in [0.5, 0.6) is 0 Å². The third-order valence-corrected chi connectivity index (χ3v) is 3.87. The van der Waals surface area contributed by atoms with Gasteiger partial charge in [0.1, 0.15) is 0 Å². The number of fused-ring (bicyclic) bond motifs is 2. The SMILES string of the molecule is O=C(O)CN1CC2(CCc3ccccc32)C1. The number of aryl methyl sites for hydroxylation is 1. The summed E-state index contributed by atoms with van der Waals surface area (Å²) in [5, 5.41) is 8.73. The Labute approximate surface area is 94.7 Å². The molecule has 3 nitrogen and oxygen atoms in total. The van der Waals surface area contributed by atoms with E-state index in [1.807, 2.05) is 4.90 Å². The van der Waals surface area contributed by atoms with Gasteiger partial charge in [0.05, 0.1) is 6.54 Å². The van der Waals surface area contributed by atoms with Crippen LogP contribution in [-0.2, 0) is 16.6 Å². The van der Waals surface area contributed by atoms with E-state index in [1.54, 1.807) is 0 Å². The fraction of sp³-hybridized carbons (Fsp3) is 0.462. The Balaban J connectivity index is 1.78. The molecule has 16 heavy (non-hydrogen) atoms. The lowest BCUT2D eigenvalue weighted by molar-refractivity contribution is -0.140. The van der Waals surface area contributed by atoms with Crippen LogP contribution in [0.4, 0.5) is 0 Å². The van der Waals surface area contributed by atoms with Crippen molar-refractivity contribution in [3.63, 3.8) is 0 Å². The first-order chi connectivity index (χ1) is 7.70. The summed E-state index contributed by atoms with van der Waals surface area (Å²) in [5.41, 5.74) is 3.18. The summed E-state index contributed by atoms with van der Waals surface area (Å²) in [6.45, 7) is 2.01. The largest absolute Gasteiger partial charge is 0.480 e. The van der Waals surface area contributed by atoms with Crippen molar-refractivity contribution in [3.8, 4) is 0 Å². The number of hydrogen-bond acceptors (Lipinski definition) is 2. The van der Waals surface area contributed by atoms with Gasteiger partial charge in [0, 0.05) is 18.5 Å². The zero-order valence-electron chi connectivity index (χ0n) is 9.15. The minimum Gasteiger partial charge on any atom is -0.480 e. The molecule has 1 aromatic rings. The van der Waals surface area contributed by atoms with Crippen molar-refractivity contribution in [1.29, 1.82) is 0 Å². The number of carboxylic acid groups (broad SMARTS) is 1. The smallest absolute Gasteiger partial charge is 0.317 e. The molecule has 1 aromatic carbocycles. The van der Waals surface area contributed by atoms with E-state index < -0.39 is 5.97 Å². The second kappa shape index (κ2) is 3.32. The Kier molecular flexibility index (Phi) is 2.04. The topological polar surface area (TPSA) is 40.5 Å². The Morgan fingerprint density at radius 1 is 1.38 bits per heavy atom. The van der Waals surface area contributed by atoms with E-state index in [4.69, 9.17) is 5.11 Å². The molecule has 1 saturated heterocycles. The summed E-state index contributed by atoms with van der Waals surface area (Å²) < 4.78 is 0. The number of likely N-dealkylation sites (tertiary alicyclic amines) is 1. The molecule has 0 radical (unpaired) electrons. The minimum atomic E-state index is -0.721. The number of rotatable bonds is 2. The highest BCUT2D eigenvalue weighted by molar-refractivity contribution is 5.69. The Hall–Kier alpha value is -1.35. The van der Waals surface area contributed by atoms with Gasteiger partial charge in [-0.1, -0.05) is 24.3 Å². The van der Waals surface area contributed by atoms with Crippen LogP contribution in [0.25, 0.3) is 0 Å². The molecule has 0 aromatic heterocycles. The zero-order chi connectivity index (χ0) is 11.2. The summed E-state index contributed by atoms with van der Waals surface area (Å²) in [6.07, 6.45) is 2.33. The normalized spacial score (nSPS) is 21.8. The molecule has 0 unspecified atom stereocenters. The van der Waals surface area contributed by atoms with Crippen molar-refractivity contribution in [1.82, 2.24) is 4.90 Å². The third kappa shape index (κ3) is 1.35. The molecule has 84 valence electrons. The molecule has 0 atom stereocenters. The van der Waals surface area contributed by atoms with Gasteiger partial charge >= 0.3 is 5.97 Å². The quantitative estimate of drug-likeness (QED) is 0.811. The molecular formula is C13H15NO2. The third-order valence-electron chi connectivity index (χ3n) is 3.87. The fourth-order valence-corrected chi connectivity index (χ4v) is 3.21. The predicted molar refractivity (Wildman–Crippen MR) is 60.5 cm³/mol. The predicted octanol–water partition coefficient (Wildman–Crippen LogP) is 1.27. The second-order valence-corrected chi connectivity index (χ2v) is 4.98. The van der Waals surface area contributed by atoms with Crippen LogP contribution in [0.1, 0.15) is 17.5 Å². The highest BCUT2D eigenvalue weighted by atomic mass is 16.4. The molecule has 2 aliphatic rings. The van der Waals surface area contributed by atoms with Crippen molar-refractivity contribution in [2.45, 2.75) is 18.3 Å². The Morgan fingerprint density at radius 3 is 2.88 bits per heavy atom. The van der Waals surface area contributed by atoms with Crippen LogP contribution < -0.4 is 0 Å². The molecule has 1 N–H and O–H groups in total. The van der Waals surface area contributed by atoms with Gasteiger partial charge in [-0.05, 0) is 24.0 Å². The maximum Gasteiger partial charge on any atom is 0.317 e. The summed E-state index contributed by atoms with van der Waals surface area (Å²) in [5.74, 6) is -0.721. The lowest BCUT2D eigenvalue weighted by Gasteiger charge is -2.48. The molecule has 1 heterocycles. The van der Waals surface area contributed by atoms with E-state index in [0.29, 0.717) is 0 Å². The van der Waals surface area contributed by atoms with Crippen molar-refractivity contribution in [3.05, 3.63) is 35.4 Å². The zero-order valence-corrected chi connectivity index (χ0v) is 9.15. The Morgan fingerprint density at radius 2 is 2.12 bits per heavy atom. The van der Waals surface area contributed by atoms with Gasteiger partial charge < -0.3 is 5.11 Å². The molecule has 1 fully saturated rings. The van der Waals surface area contributed by atoms with Crippen LogP contribution in [-0.4, -0.2) is 35.6 Å². The van der Waals surface area contributed by atoms with Crippen molar-refractivity contribution >= 4 is 5.97 Å². The highest BCUT2D eigenvalue weighted by Gasteiger charge is 2.48. The van der Waals surface area contributed by atoms with Gasteiger partial charge in [-0.2, -0.15) is 0 Å². The molecule has 3 heteroatoms. The van der Waals surface area contributed by atoms with Gasteiger partial charge in [0.2, 0.25) is 0 Å². The van der Waals surface area contributed by atoms with E-state index in [2.05, 4.69) is 24.3 Å². The molecular weight excluding hydrogens is 202 g/mol. The maximum absolute atomic E-state index is 10.6.